The third-order valence-corrected chi connectivity index (χ3v) is 4.49. The first-order valence-electron chi connectivity index (χ1n) is 7.78. The van der Waals surface area contributed by atoms with Crippen molar-refractivity contribution in [2.24, 2.45) is 7.05 Å². The van der Waals surface area contributed by atoms with Crippen molar-refractivity contribution in [2.45, 2.75) is 18.7 Å². The van der Waals surface area contributed by atoms with E-state index in [-0.39, 0.29) is 12.0 Å². The SMILES string of the molecule is CN(C)C(=O)CN1C[C@H]2OCCN(Cc3cnn(C)c3)[C@H]2C1. The van der Waals surface area contributed by atoms with Crippen molar-refractivity contribution in [3.05, 3.63) is 18.0 Å². The Balaban J connectivity index is 1.61. The molecule has 122 valence electrons. The molecule has 2 fully saturated rings. The number of morpholine rings is 1. The molecule has 0 aliphatic carbocycles. The van der Waals surface area contributed by atoms with Crippen LogP contribution < -0.4 is 0 Å². The number of amides is 1. The molecule has 22 heavy (non-hydrogen) atoms. The van der Waals surface area contributed by atoms with Crippen LogP contribution in [0.3, 0.4) is 0 Å². The van der Waals surface area contributed by atoms with Gasteiger partial charge in [-0.3, -0.25) is 19.3 Å². The molecule has 0 N–H and O–H groups in total. The van der Waals surface area contributed by atoms with Crippen molar-refractivity contribution in [2.75, 3.05) is 46.9 Å². The quantitative estimate of drug-likeness (QED) is 0.743. The second-order valence-electron chi connectivity index (χ2n) is 6.45. The summed E-state index contributed by atoms with van der Waals surface area (Å²) < 4.78 is 7.76. The van der Waals surface area contributed by atoms with Gasteiger partial charge < -0.3 is 9.64 Å². The van der Waals surface area contributed by atoms with Gasteiger partial charge in [0.05, 0.1) is 31.5 Å². The van der Waals surface area contributed by atoms with Crippen LogP contribution in [0.5, 0.6) is 0 Å². The predicted octanol–water partition coefficient (Wildman–Crippen LogP) is -0.607. The smallest absolute Gasteiger partial charge is 0.236 e. The number of fused-ring (bicyclic) bond motifs is 1. The summed E-state index contributed by atoms with van der Waals surface area (Å²) in [5.74, 6) is 0.150. The minimum atomic E-state index is 0.150. The maximum Gasteiger partial charge on any atom is 0.236 e. The minimum absolute atomic E-state index is 0.150. The van der Waals surface area contributed by atoms with Gasteiger partial charge in [0.2, 0.25) is 5.91 Å². The van der Waals surface area contributed by atoms with Crippen LogP contribution in [-0.2, 0) is 23.1 Å². The number of likely N-dealkylation sites (tertiary alicyclic amines) is 1. The molecule has 3 heterocycles. The van der Waals surface area contributed by atoms with Crippen LogP contribution in [0.15, 0.2) is 12.4 Å². The van der Waals surface area contributed by atoms with E-state index in [1.807, 2.05) is 17.9 Å². The van der Waals surface area contributed by atoms with Crippen LogP contribution >= 0.6 is 0 Å². The number of ether oxygens (including phenoxy) is 1. The van der Waals surface area contributed by atoms with E-state index in [1.54, 1.807) is 19.0 Å². The van der Waals surface area contributed by atoms with E-state index < -0.39 is 0 Å². The number of nitrogens with zero attached hydrogens (tertiary/aromatic N) is 5. The summed E-state index contributed by atoms with van der Waals surface area (Å²) in [4.78, 5) is 18.2. The molecule has 2 aliphatic heterocycles. The Morgan fingerprint density at radius 1 is 1.45 bits per heavy atom. The largest absolute Gasteiger partial charge is 0.374 e. The third kappa shape index (κ3) is 3.31. The summed E-state index contributed by atoms with van der Waals surface area (Å²) in [6, 6.07) is 0.365. The van der Waals surface area contributed by atoms with Gasteiger partial charge in [-0.15, -0.1) is 0 Å². The Morgan fingerprint density at radius 2 is 2.27 bits per heavy atom. The van der Waals surface area contributed by atoms with E-state index >= 15 is 0 Å². The minimum Gasteiger partial charge on any atom is -0.374 e. The Hall–Kier alpha value is -1.44. The van der Waals surface area contributed by atoms with Gasteiger partial charge in [0.1, 0.15) is 0 Å². The monoisotopic (exact) mass is 307 g/mol. The molecule has 0 saturated carbocycles. The van der Waals surface area contributed by atoms with E-state index in [0.717, 1.165) is 32.8 Å². The average Bonchev–Trinajstić information content (AvgIpc) is 3.05. The average molecular weight is 307 g/mol. The van der Waals surface area contributed by atoms with Crippen LogP contribution in [0, 0.1) is 0 Å². The molecule has 2 atom stereocenters. The molecule has 3 rings (SSSR count). The molecular weight excluding hydrogens is 282 g/mol. The van der Waals surface area contributed by atoms with Crippen LogP contribution in [0.4, 0.5) is 0 Å². The number of aryl methyl sites for hydroxylation is 1. The van der Waals surface area contributed by atoms with E-state index in [4.69, 9.17) is 4.74 Å². The van der Waals surface area contributed by atoms with Gasteiger partial charge in [-0.25, -0.2) is 0 Å². The summed E-state index contributed by atoms with van der Waals surface area (Å²) >= 11 is 0. The van der Waals surface area contributed by atoms with Crippen LogP contribution in [0.1, 0.15) is 5.56 Å². The molecule has 7 nitrogen and oxygen atoms in total. The number of rotatable bonds is 4. The molecule has 0 bridgehead atoms. The summed E-state index contributed by atoms with van der Waals surface area (Å²) in [5.41, 5.74) is 1.23. The molecule has 1 aromatic heterocycles. The Labute approximate surface area is 131 Å². The third-order valence-electron chi connectivity index (χ3n) is 4.49. The lowest BCUT2D eigenvalue weighted by atomic mass is 10.1. The van der Waals surface area contributed by atoms with Crippen molar-refractivity contribution >= 4 is 5.91 Å². The van der Waals surface area contributed by atoms with Gasteiger partial charge in [0.15, 0.2) is 0 Å². The molecule has 0 unspecified atom stereocenters. The van der Waals surface area contributed by atoms with Crippen molar-refractivity contribution in [3.8, 4) is 0 Å². The summed E-state index contributed by atoms with van der Waals surface area (Å²) in [6.07, 6.45) is 4.19. The number of likely N-dealkylation sites (N-methyl/N-ethyl adjacent to an activating group) is 1. The molecule has 0 radical (unpaired) electrons. The fourth-order valence-electron chi connectivity index (χ4n) is 3.28. The topological polar surface area (TPSA) is 53.8 Å². The lowest BCUT2D eigenvalue weighted by molar-refractivity contribution is -0.129. The Morgan fingerprint density at radius 3 is 2.95 bits per heavy atom. The van der Waals surface area contributed by atoms with Crippen molar-refractivity contribution in [1.82, 2.24) is 24.5 Å². The highest BCUT2D eigenvalue weighted by molar-refractivity contribution is 5.77. The van der Waals surface area contributed by atoms with Gasteiger partial charge in [0, 0.05) is 59.1 Å². The van der Waals surface area contributed by atoms with E-state index in [0.29, 0.717) is 12.6 Å². The normalized spacial score (nSPS) is 26.1. The zero-order chi connectivity index (χ0) is 15.7. The lowest BCUT2D eigenvalue weighted by Gasteiger charge is -2.36. The van der Waals surface area contributed by atoms with Crippen LogP contribution in [-0.4, -0.2) is 89.4 Å². The van der Waals surface area contributed by atoms with E-state index in [2.05, 4.69) is 21.1 Å². The Kier molecular flexibility index (Phi) is 4.46. The summed E-state index contributed by atoms with van der Waals surface area (Å²) in [7, 11) is 5.54. The van der Waals surface area contributed by atoms with E-state index in [9.17, 15) is 4.79 Å². The van der Waals surface area contributed by atoms with Crippen molar-refractivity contribution < 1.29 is 9.53 Å². The van der Waals surface area contributed by atoms with Gasteiger partial charge >= 0.3 is 0 Å². The number of aromatic nitrogens is 2. The lowest BCUT2D eigenvalue weighted by Crippen LogP contribution is -2.50. The maximum absolute atomic E-state index is 11.9. The molecule has 0 spiro atoms. The summed E-state index contributed by atoms with van der Waals surface area (Å²) in [6.45, 7) is 4.80. The zero-order valence-electron chi connectivity index (χ0n) is 13.6. The molecule has 2 aliphatic rings. The second kappa shape index (κ2) is 6.36. The zero-order valence-corrected chi connectivity index (χ0v) is 13.6. The number of hydrogen-bond donors (Lipinski definition) is 0. The van der Waals surface area contributed by atoms with Crippen LogP contribution in [0.2, 0.25) is 0 Å². The fraction of sp³-hybridized carbons (Fsp3) is 0.733. The van der Waals surface area contributed by atoms with Crippen molar-refractivity contribution in [3.63, 3.8) is 0 Å². The van der Waals surface area contributed by atoms with Crippen molar-refractivity contribution in [1.29, 1.82) is 0 Å². The molecule has 1 amide bonds. The highest BCUT2D eigenvalue weighted by Gasteiger charge is 2.40. The molecular formula is C15H25N5O2. The first-order chi connectivity index (χ1) is 10.5. The van der Waals surface area contributed by atoms with Gasteiger partial charge in [0.25, 0.3) is 0 Å². The first kappa shape index (κ1) is 15.5. The summed E-state index contributed by atoms with van der Waals surface area (Å²) in [5, 5.41) is 4.24. The highest BCUT2D eigenvalue weighted by Crippen LogP contribution is 2.24. The number of carbonyl (C=O) groups is 1. The molecule has 2 saturated heterocycles. The molecule has 7 heteroatoms. The highest BCUT2D eigenvalue weighted by atomic mass is 16.5. The van der Waals surface area contributed by atoms with Gasteiger partial charge in [-0.05, 0) is 0 Å². The second-order valence-corrected chi connectivity index (χ2v) is 6.45. The number of carbonyl (C=O) groups excluding carboxylic acids is 1. The first-order valence-corrected chi connectivity index (χ1v) is 7.78. The fourth-order valence-corrected chi connectivity index (χ4v) is 3.28. The van der Waals surface area contributed by atoms with Crippen LogP contribution in [0.25, 0.3) is 0 Å². The Bertz CT molecular complexity index is 530. The maximum atomic E-state index is 11.9. The van der Waals surface area contributed by atoms with E-state index in [1.165, 1.54) is 5.56 Å². The predicted molar refractivity (Wildman–Crippen MR) is 82.3 cm³/mol. The standard InChI is InChI=1S/C15H25N5O2/c1-17(2)15(21)11-19-9-13-14(10-19)22-5-4-20(13)8-12-6-16-18(3)7-12/h6-7,13-14H,4-5,8-11H2,1-3H3/t13-,14+/m0/s1. The molecule has 0 aromatic carbocycles. The number of hydrogen-bond acceptors (Lipinski definition) is 5. The molecule has 1 aromatic rings. The van der Waals surface area contributed by atoms with Gasteiger partial charge in [-0.2, -0.15) is 5.10 Å². The van der Waals surface area contributed by atoms with Gasteiger partial charge in [-0.1, -0.05) is 0 Å².